The highest BCUT2D eigenvalue weighted by atomic mass is 32.2. The van der Waals surface area contributed by atoms with Gasteiger partial charge in [-0.2, -0.15) is 5.26 Å². The molecular weight excluding hydrogens is 416 g/mol. The molecule has 11 heteroatoms. The third-order valence-corrected chi connectivity index (χ3v) is 5.32. The number of nitrogens with zero attached hydrogens (tertiary/aromatic N) is 3. The molecular formula is C18H20N4O5S2. The quantitative estimate of drug-likeness (QED) is 0.245. The normalized spacial score (nSPS) is 10.1. The molecule has 1 heterocycles. The average molecular weight is 437 g/mol. The third-order valence-electron chi connectivity index (χ3n) is 3.37. The summed E-state index contributed by atoms with van der Waals surface area (Å²) < 4.78 is 16.2. The highest BCUT2D eigenvalue weighted by Gasteiger charge is 2.11. The first-order valence-corrected chi connectivity index (χ1v) is 10.5. The number of methoxy groups -OCH3 is 1. The number of aromatic nitrogens is 2. The number of hydrogen-bond donors (Lipinski definition) is 1. The maximum atomic E-state index is 12.0. The predicted octanol–water partition coefficient (Wildman–Crippen LogP) is 2.87. The lowest BCUT2D eigenvalue weighted by atomic mass is 10.2. The van der Waals surface area contributed by atoms with Crippen LogP contribution in [0.25, 0.3) is 0 Å². The first kappa shape index (κ1) is 22.4. The minimum atomic E-state index is -0.322. The van der Waals surface area contributed by atoms with Gasteiger partial charge in [-0.05, 0) is 25.5 Å². The van der Waals surface area contributed by atoms with Crippen molar-refractivity contribution in [2.75, 3.05) is 31.4 Å². The molecule has 0 unspecified atom stereocenters. The van der Waals surface area contributed by atoms with E-state index in [1.54, 1.807) is 25.1 Å². The van der Waals surface area contributed by atoms with Gasteiger partial charge in [0.1, 0.15) is 0 Å². The van der Waals surface area contributed by atoms with Crippen molar-refractivity contribution in [1.29, 1.82) is 5.26 Å². The Morgan fingerprint density at radius 2 is 2.14 bits per heavy atom. The standard InChI is InChI=1S/C18H20N4O5S2/c1-3-26-16(24)11-28-18-22-21-17(29-18)20-15(23)5-4-8-27-13-7-6-12(10-19)9-14(13)25-2/h6-7,9H,3-5,8,11H2,1-2H3,(H,20,21,23). The number of thioether (sulfide) groups is 1. The van der Waals surface area contributed by atoms with Crippen LogP contribution in [0.15, 0.2) is 22.5 Å². The Morgan fingerprint density at radius 3 is 2.86 bits per heavy atom. The molecule has 1 aromatic heterocycles. The summed E-state index contributed by atoms with van der Waals surface area (Å²) >= 11 is 2.40. The highest BCUT2D eigenvalue weighted by Crippen LogP contribution is 2.28. The fourth-order valence-electron chi connectivity index (χ4n) is 2.09. The van der Waals surface area contributed by atoms with Gasteiger partial charge in [-0.15, -0.1) is 10.2 Å². The molecule has 0 saturated carbocycles. The van der Waals surface area contributed by atoms with Gasteiger partial charge in [-0.1, -0.05) is 23.1 Å². The molecule has 1 aromatic carbocycles. The van der Waals surface area contributed by atoms with Gasteiger partial charge in [-0.3, -0.25) is 9.59 Å². The van der Waals surface area contributed by atoms with Gasteiger partial charge >= 0.3 is 5.97 Å². The Bertz CT molecular complexity index is 881. The zero-order valence-corrected chi connectivity index (χ0v) is 17.6. The zero-order valence-electron chi connectivity index (χ0n) is 16.0. The minimum absolute atomic E-state index is 0.145. The molecule has 0 aliphatic heterocycles. The summed E-state index contributed by atoms with van der Waals surface area (Å²) in [5, 5.41) is 19.7. The predicted molar refractivity (Wildman–Crippen MR) is 108 cm³/mol. The lowest BCUT2D eigenvalue weighted by Gasteiger charge is -2.10. The van der Waals surface area contributed by atoms with E-state index in [-0.39, 0.29) is 24.1 Å². The van der Waals surface area contributed by atoms with Crippen LogP contribution in [0.4, 0.5) is 5.13 Å². The summed E-state index contributed by atoms with van der Waals surface area (Å²) in [6.45, 7) is 2.39. The van der Waals surface area contributed by atoms with Crippen LogP contribution in [0.1, 0.15) is 25.3 Å². The van der Waals surface area contributed by atoms with Crippen molar-refractivity contribution in [3.8, 4) is 17.6 Å². The molecule has 0 bridgehead atoms. The number of anilines is 1. The van der Waals surface area contributed by atoms with Gasteiger partial charge in [0.2, 0.25) is 11.0 Å². The summed E-state index contributed by atoms with van der Waals surface area (Å²) in [5.41, 5.74) is 0.477. The van der Waals surface area contributed by atoms with Gasteiger partial charge in [0.25, 0.3) is 0 Å². The molecule has 1 N–H and O–H groups in total. The fraction of sp³-hybridized carbons (Fsp3) is 0.389. The van der Waals surface area contributed by atoms with E-state index in [0.29, 0.717) is 46.2 Å². The lowest BCUT2D eigenvalue weighted by Crippen LogP contribution is -2.12. The number of rotatable bonds is 11. The van der Waals surface area contributed by atoms with Crippen molar-refractivity contribution in [1.82, 2.24) is 10.2 Å². The van der Waals surface area contributed by atoms with Crippen LogP contribution >= 0.6 is 23.1 Å². The average Bonchev–Trinajstić information content (AvgIpc) is 3.17. The van der Waals surface area contributed by atoms with Crippen molar-refractivity contribution in [3.05, 3.63) is 23.8 Å². The van der Waals surface area contributed by atoms with E-state index in [0.717, 1.165) is 0 Å². The minimum Gasteiger partial charge on any atom is -0.493 e. The zero-order chi connectivity index (χ0) is 21.1. The molecule has 0 spiro atoms. The van der Waals surface area contributed by atoms with Crippen LogP contribution in [0, 0.1) is 11.3 Å². The molecule has 9 nitrogen and oxygen atoms in total. The Kier molecular flexibility index (Phi) is 9.20. The van der Waals surface area contributed by atoms with E-state index in [9.17, 15) is 9.59 Å². The van der Waals surface area contributed by atoms with Crippen molar-refractivity contribution < 1.29 is 23.8 Å². The van der Waals surface area contributed by atoms with Gasteiger partial charge in [0.15, 0.2) is 15.8 Å². The monoisotopic (exact) mass is 436 g/mol. The van der Waals surface area contributed by atoms with Gasteiger partial charge in [0.05, 0.1) is 37.7 Å². The van der Waals surface area contributed by atoms with E-state index in [4.69, 9.17) is 19.5 Å². The number of nitrogens with one attached hydrogen (secondary N) is 1. The van der Waals surface area contributed by atoms with Gasteiger partial charge < -0.3 is 19.5 Å². The van der Waals surface area contributed by atoms with Crippen molar-refractivity contribution >= 4 is 40.1 Å². The Balaban J connectivity index is 1.71. The Hall–Kier alpha value is -2.84. The molecule has 0 aliphatic rings. The van der Waals surface area contributed by atoms with Gasteiger partial charge in [-0.25, -0.2) is 0 Å². The number of ether oxygens (including phenoxy) is 3. The smallest absolute Gasteiger partial charge is 0.316 e. The Labute approximate surface area is 176 Å². The van der Waals surface area contributed by atoms with Crippen molar-refractivity contribution in [2.24, 2.45) is 0 Å². The highest BCUT2D eigenvalue weighted by molar-refractivity contribution is 8.01. The van der Waals surface area contributed by atoms with E-state index >= 15 is 0 Å². The number of carbonyl (C=O) groups is 2. The molecule has 0 aliphatic carbocycles. The van der Waals surface area contributed by atoms with Crippen LogP contribution in [0.3, 0.4) is 0 Å². The lowest BCUT2D eigenvalue weighted by molar-refractivity contribution is -0.139. The third kappa shape index (κ3) is 7.59. The molecule has 2 aromatic rings. The fourth-order valence-corrected chi connectivity index (χ4v) is 3.66. The molecule has 0 fully saturated rings. The maximum Gasteiger partial charge on any atom is 0.316 e. The maximum absolute atomic E-state index is 12.0. The first-order valence-electron chi connectivity index (χ1n) is 8.68. The number of amides is 1. The second-order valence-corrected chi connectivity index (χ2v) is 7.64. The molecule has 1 amide bonds. The first-order chi connectivity index (χ1) is 14.0. The molecule has 2 rings (SSSR count). The summed E-state index contributed by atoms with van der Waals surface area (Å²) in [7, 11) is 1.50. The Morgan fingerprint density at radius 1 is 1.31 bits per heavy atom. The van der Waals surface area contributed by atoms with Crippen molar-refractivity contribution in [2.45, 2.75) is 24.1 Å². The van der Waals surface area contributed by atoms with Gasteiger partial charge in [0, 0.05) is 12.5 Å². The topological polar surface area (TPSA) is 123 Å². The molecule has 0 saturated heterocycles. The van der Waals surface area contributed by atoms with E-state index in [1.165, 1.54) is 30.2 Å². The second kappa shape index (κ2) is 11.9. The summed E-state index contributed by atoms with van der Waals surface area (Å²) in [5.74, 6) is 0.595. The van der Waals surface area contributed by atoms with Crippen LogP contribution in [0.2, 0.25) is 0 Å². The number of hydrogen-bond acceptors (Lipinski definition) is 10. The molecule has 29 heavy (non-hydrogen) atoms. The van der Waals surface area contributed by atoms with Crippen molar-refractivity contribution in [3.63, 3.8) is 0 Å². The molecule has 0 atom stereocenters. The SMILES string of the molecule is CCOC(=O)CSc1nnc(NC(=O)CCCOc2ccc(C#N)cc2OC)s1. The summed E-state index contributed by atoms with van der Waals surface area (Å²) in [6, 6.07) is 6.92. The number of carbonyl (C=O) groups excluding carboxylic acids is 2. The molecule has 154 valence electrons. The number of nitriles is 1. The van der Waals surface area contributed by atoms with Crippen LogP contribution < -0.4 is 14.8 Å². The second-order valence-electron chi connectivity index (χ2n) is 5.44. The van der Waals surface area contributed by atoms with Crippen LogP contribution in [-0.4, -0.2) is 48.2 Å². The van der Waals surface area contributed by atoms with Crippen LogP contribution in [0.5, 0.6) is 11.5 Å². The van der Waals surface area contributed by atoms with E-state index in [2.05, 4.69) is 15.5 Å². The number of esters is 1. The molecule has 0 radical (unpaired) electrons. The summed E-state index contributed by atoms with van der Waals surface area (Å²) in [4.78, 5) is 23.4. The van der Waals surface area contributed by atoms with E-state index < -0.39 is 0 Å². The van der Waals surface area contributed by atoms with E-state index in [1.807, 2.05) is 6.07 Å². The largest absolute Gasteiger partial charge is 0.493 e. The van der Waals surface area contributed by atoms with Crippen LogP contribution in [-0.2, 0) is 14.3 Å². The number of benzene rings is 1. The summed E-state index contributed by atoms with van der Waals surface area (Å²) in [6.07, 6.45) is 0.724.